The summed E-state index contributed by atoms with van der Waals surface area (Å²) in [5.74, 6) is 1.17. The Balaban J connectivity index is 2.13. The Hall–Kier alpha value is -2.34. The summed E-state index contributed by atoms with van der Waals surface area (Å²) in [5, 5.41) is 10.4. The van der Waals surface area contributed by atoms with E-state index >= 15 is 0 Å². The number of benzene rings is 2. The van der Waals surface area contributed by atoms with Crippen molar-refractivity contribution in [3.8, 4) is 11.5 Å². The average molecular weight is 378 g/mol. The van der Waals surface area contributed by atoms with Crippen LogP contribution in [0.4, 0.5) is 0 Å². The fourth-order valence-corrected chi connectivity index (χ4v) is 2.17. The van der Waals surface area contributed by atoms with Gasteiger partial charge in [-0.05, 0) is 42.3 Å². The van der Waals surface area contributed by atoms with Crippen LogP contribution in [-0.2, 0) is 6.61 Å². The topological polar surface area (TPSA) is 61.6 Å². The van der Waals surface area contributed by atoms with Crippen molar-refractivity contribution < 1.29 is 14.4 Å². The highest BCUT2D eigenvalue weighted by atomic mass is 79.9. The molecule has 0 amide bonds. The van der Waals surface area contributed by atoms with Gasteiger partial charge in [-0.1, -0.05) is 34.1 Å². The lowest BCUT2D eigenvalue weighted by atomic mass is 10.2. The molecule has 6 heteroatoms. The molecule has 0 aliphatic rings. The zero-order chi connectivity index (χ0) is 16.7. The van der Waals surface area contributed by atoms with Crippen LogP contribution >= 0.6 is 15.9 Å². The Kier molecular flexibility index (Phi) is 6.17. The van der Waals surface area contributed by atoms with Gasteiger partial charge >= 0.3 is 0 Å². The van der Waals surface area contributed by atoms with Gasteiger partial charge in [0.1, 0.15) is 6.61 Å². The van der Waals surface area contributed by atoms with Gasteiger partial charge in [-0.2, -0.15) is 0 Å². The molecule has 2 rings (SSSR count). The highest BCUT2D eigenvalue weighted by Crippen LogP contribution is 2.30. The Morgan fingerprint density at radius 2 is 1.87 bits per heavy atom. The molecule has 5 nitrogen and oxygen atoms in total. The minimum Gasteiger partial charge on any atom is -0.490 e. The predicted molar refractivity (Wildman–Crippen MR) is 92.1 cm³/mol. The minimum absolute atomic E-state index is 0.414. The Morgan fingerprint density at radius 3 is 2.52 bits per heavy atom. The molecule has 0 radical (unpaired) electrons. The van der Waals surface area contributed by atoms with E-state index in [0.717, 1.165) is 16.2 Å². The minimum atomic E-state index is -0.502. The van der Waals surface area contributed by atoms with Gasteiger partial charge in [0.25, 0.3) is 0 Å². The fourth-order valence-electron chi connectivity index (χ4n) is 1.90. The Morgan fingerprint density at radius 1 is 1.13 bits per heavy atom. The van der Waals surface area contributed by atoms with Crippen molar-refractivity contribution in [1.29, 1.82) is 0 Å². The van der Waals surface area contributed by atoms with Gasteiger partial charge < -0.3 is 9.47 Å². The third-order valence-electron chi connectivity index (χ3n) is 2.96. The van der Waals surface area contributed by atoms with Crippen LogP contribution in [0, 0.1) is 10.1 Å². The van der Waals surface area contributed by atoms with Gasteiger partial charge in [-0.15, -0.1) is 0 Å². The lowest BCUT2D eigenvalue weighted by Gasteiger charge is -2.12. The maximum Gasteiger partial charge on any atom is 0.235 e. The molecule has 0 saturated heterocycles. The second-order valence-corrected chi connectivity index (χ2v) is 5.57. The van der Waals surface area contributed by atoms with E-state index in [1.165, 1.54) is 6.08 Å². The summed E-state index contributed by atoms with van der Waals surface area (Å²) in [6.07, 6.45) is 2.31. The maximum atomic E-state index is 10.4. The lowest BCUT2D eigenvalue weighted by Crippen LogP contribution is -2.00. The van der Waals surface area contributed by atoms with Crippen LogP contribution < -0.4 is 9.47 Å². The van der Waals surface area contributed by atoms with Gasteiger partial charge in [0.2, 0.25) is 6.20 Å². The second-order valence-electron chi connectivity index (χ2n) is 4.66. The number of nitrogens with zero attached hydrogens (tertiary/aromatic N) is 1. The number of ether oxygens (including phenoxy) is 2. The fraction of sp³-hybridized carbons (Fsp3) is 0.176. The van der Waals surface area contributed by atoms with Crippen molar-refractivity contribution in [3.63, 3.8) is 0 Å². The van der Waals surface area contributed by atoms with Gasteiger partial charge in [0.05, 0.1) is 11.5 Å². The lowest BCUT2D eigenvalue weighted by molar-refractivity contribution is -0.400. The van der Waals surface area contributed by atoms with E-state index in [9.17, 15) is 10.1 Å². The maximum absolute atomic E-state index is 10.4. The predicted octanol–water partition coefficient (Wildman–Crippen LogP) is 4.67. The smallest absolute Gasteiger partial charge is 0.235 e. The number of hydrogen-bond acceptors (Lipinski definition) is 4. The molecule has 0 fully saturated rings. The molecule has 0 aliphatic carbocycles. The van der Waals surface area contributed by atoms with Crippen molar-refractivity contribution in [2.24, 2.45) is 0 Å². The summed E-state index contributed by atoms with van der Waals surface area (Å²) in [4.78, 5) is 9.89. The molecule has 120 valence electrons. The van der Waals surface area contributed by atoms with Gasteiger partial charge in [0.15, 0.2) is 11.5 Å². The average Bonchev–Trinajstić information content (AvgIpc) is 2.54. The molecule has 0 saturated carbocycles. The van der Waals surface area contributed by atoms with E-state index < -0.39 is 4.92 Å². The third kappa shape index (κ3) is 5.41. The zero-order valence-corrected chi connectivity index (χ0v) is 14.2. The van der Waals surface area contributed by atoms with Crippen LogP contribution in [0.2, 0.25) is 0 Å². The first-order valence-electron chi connectivity index (χ1n) is 7.04. The van der Waals surface area contributed by atoms with E-state index in [0.29, 0.717) is 30.3 Å². The molecule has 23 heavy (non-hydrogen) atoms. The normalized spacial score (nSPS) is 10.7. The quantitative estimate of drug-likeness (QED) is 0.519. The highest BCUT2D eigenvalue weighted by molar-refractivity contribution is 9.10. The largest absolute Gasteiger partial charge is 0.490 e. The van der Waals surface area contributed by atoms with Crippen molar-refractivity contribution >= 4 is 22.0 Å². The van der Waals surface area contributed by atoms with Crippen LogP contribution in [0.25, 0.3) is 6.08 Å². The number of halogens is 1. The Labute approximate surface area is 142 Å². The summed E-state index contributed by atoms with van der Waals surface area (Å²) in [6.45, 7) is 2.77. The molecular formula is C17H16BrNO4. The molecule has 0 spiro atoms. The molecule has 0 aromatic heterocycles. The van der Waals surface area contributed by atoms with Crippen LogP contribution in [0.3, 0.4) is 0 Å². The number of nitro groups is 1. The van der Waals surface area contributed by atoms with E-state index in [1.807, 2.05) is 31.2 Å². The van der Waals surface area contributed by atoms with Crippen molar-refractivity contribution in [3.05, 3.63) is 74.4 Å². The zero-order valence-electron chi connectivity index (χ0n) is 12.6. The number of hydrogen-bond donors (Lipinski definition) is 0. The van der Waals surface area contributed by atoms with Gasteiger partial charge in [0, 0.05) is 10.5 Å². The van der Waals surface area contributed by atoms with Crippen LogP contribution in [-0.4, -0.2) is 11.5 Å². The molecule has 0 bridgehead atoms. The molecule has 0 atom stereocenters. The van der Waals surface area contributed by atoms with E-state index in [2.05, 4.69) is 15.9 Å². The van der Waals surface area contributed by atoms with E-state index in [-0.39, 0.29) is 0 Å². The number of rotatable bonds is 7. The van der Waals surface area contributed by atoms with Gasteiger partial charge in [-0.3, -0.25) is 10.1 Å². The SMILES string of the molecule is CCOc1cc(C=C[N+](=O)[O-])ccc1OCc1ccc(Br)cc1. The summed E-state index contributed by atoms with van der Waals surface area (Å²) < 4.78 is 12.4. The first kappa shape index (κ1) is 17.0. The molecule has 0 unspecified atom stereocenters. The standard InChI is InChI=1S/C17H16BrNO4/c1-2-22-17-11-13(9-10-19(20)21)5-8-16(17)23-12-14-3-6-15(18)7-4-14/h3-11H,2,12H2,1H3. The summed E-state index contributed by atoms with van der Waals surface area (Å²) in [7, 11) is 0. The van der Waals surface area contributed by atoms with E-state index in [1.54, 1.807) is 18.2 Å². The molecule has 2 aromatic rings. The Bertz CT molecular complexity index is 698. The molecule has 0 heterocycles. The molecule has 0 aliphatic heterocycles. The van der Waals surface area contributed by atoms with Crippen LogP contribution in [0.15, 0.2) is 53.1 Å². The van der Waals surface area contributed by atoms with Crippen molar-refractivity contribution in [2.45, 2.75) is 13.5 Å². The first-order chi connectivity index (χ1) is 11.1. The first-order valence-corrected chi connectivity index (χ1v) is 7.83. The summed E-state index contributed by atoms with van der Waals surface area (Å²) in [6, 6.07) is 13.1. The van der Waals surface area contributed by atoms with Crippen LogP contribution in [0.5, 0.6) is 11.5 Å². The monoisotopic (exact) mass is 377 g/mol. The second kappa shape index (κ2) is 8.33. The summed E-state index contributed by atoms with van der Waals surface area (Å²) in [5.41, 5.74) is 1.72. The molecular weight excluding hydrogens is 362 g/mol. The van der Waals surface area contributed by atoms with Crippen LogP contribution in [0.1, 0.15) is 18.1 Å². The van der Waals surface area contributed by atoms with Crippen molar-refractivity contribution in [1.82, 2.24) is 0 Å². The highest BCUT2D eigenvalue weighted by Gasteiger charge is 2.07. The molecule has 0 N–H and O–H groups in total. The van der Waals surface area contributed by atoms with Gasteiger partial charge in [-0.25, -0.2) is 0 Å². The third-order valence-corrected chi connectivity index (χ3v) is 3.49. The van der Waals surface area contributed by atoms with E-state index in [4.69, 9.17) is 9.47 Å². The van der Waals surface area contributed by atoms with Crippen molar-refractivity contribution in [2.75, 3.05) is 6.61 Å². The molecule has 2 aromatic carbocycles. The summed E-state index contributed by atoms with van der Waals surface area (Å²) >= 11 is 3.39.